The molecule has 0 atom stereocenters. The summed E-state index contributed by atoms with van der Waals surface area (Å²) in [6, 6.07) is 57.7. The Morgan fingerprint density at radius 3 is 1.15 bits per heavy atom. The van der Waals surface area contributed by atoms with Crippen molar-refractivity contribution in [2.45, 2.75) is 280 Å². The normalized spacial score (nSPS) is 10.6. The second-order valence-corrected chi connectivity index (χ2v) is 43.8. The number of hydrogen-bond acceptors (Lipinski definition) is 18. The standard InChI is InChI=1S/C17H20ClNO2S.C17H21NO2S.C13H17ClO2S.C12H14ClNS.C10H14ClN.C10H13ClS.C10H15N.C9H22N2O.C6H6O.C2H2BrN.2CH4.ClH.Na.H2O/c1-11(2)15-9-13(4)16(18)10-17(15)19-22(20,21)14-7-5-12(3)6-8-14;1-12(2)16-11-14(4)7-10-17(16)18-21(19,20)15-8-5-13(3)6-9-15;1-5-16-13(15)17-12-7-11(14)9(4)6-10(12)8(2)3;1-8(2)10-6-9(3)11(13)7-12(10)15-5-4-14;2*1-6(2)8-4-7(3)9(11)5-10(8)12;1-7(2)9-6-8(3)4-5-10(9)11;1-9(2,3)12-8(10(4)5)11(6)7;7-6-4-2-1-3-5-6;3-1-2-4;;;;;/h5-11,19H,1-4H3;5-12,18H,1-4H3;6-8H,5H2,1-4H3;6-8H,5H2,1-3H3;4-6H,12H2,1-3H3;4-6,12H,1-3H3;4-7H,11H2,1-3H3;8H,1-7H3;1-5,7H;1H2;2*1H4;1H;;1H2/q;;;;;;;;;;;;;+1;/p-1. The zero-order chi connectivity index (χ0) is 102. The number of aryl methyl sites for hydroxylation is 9. The first-order valence-electron chi connectivity index (χ1n) is 43.8. The molecule has 0 fully saturated rings. The van der Waals surface area contributed by atoms with Crippen molar-refractivity contribution in [2.24, 2.45) is 0 Å². The first-order chi connectivity index (χ1) is 61.7. The minimum Gasteiger partial charge on any atom is -0.870 e. The fourth-order valence-electron chi connectivity index (χ4n) is 12.2. The molecule has 0 unspecified atom stereocenters. The van der Waals surface area contributed by atoms with E-state index in [0.29, 0.717) is 74.4 Å². The fraction of sp³-hybridized carbons (Fsp3) is 0.417. The molecule has 0 saturated heterocycles. The number of phenols is 1. The Bertz CT molecular complexity index is 5560. The maximum absolute atomic E-state index is 12.5. The number of anilines is 4. The van der Waals surface area contributed by atoms with Gasteiger partial charge >= 0.3 is 34.9 Å². The first kappa shape index (κ1) is 140. The minimum atomic E-state index is -3.62. The number of sulfonamides is 2. The number of aromatic hydroxyl groups is 1. The van der Waals surface area contributed by atoms with Crippen LogP contribution in [0.1, 0.15) is 270 Å². The van der Waals surface area contributed by atoms with Crippen LogP contribution in [0.4, 0.5) is 27.5 Å². The number of thioether (sulfide) groups is 2. The molecule has 0 amide bonds. The molecule has 17 nitrogen and oxygen atoms in total. The summed E-state index contributed by atoms with van der Waals surface area (Å²) < 4.78 is 66.1. The van der Waals surface area contributed by atoms with E-state index < -0.39 is 20.0 Å². The number of ether oxygens (including phenoxy) is 2. The maximum Gasteiger partial charge on any atom is 1.00 e. The monoisotopic (exact) mass is 2180 g/mol. The van der Waals surface area contributed by atoms with Gasteiger partial charge in [-0.15, -0.1) is 36.8 Å². The quantitative estimate of drug-likeness (QED) is 0.00786. The zero-order valence-corrected chi connectivity index (χ0v) is 97.8. The number of hydrogen-bond donors (Lipinski definition) is 6. The molecular weight excluding hydrogens is 2030 g/mol. The Kier molecular flexibility index (Phi) is 70.7. The molecule has 10 aromatic rings. The molecule has 0 radical (unpaired) electrons. The smallest absolute Gasteiger partial charge is 0.870 e. The van der Waals surface area contributed by atoms with Gasteiger partial charge in [-0.25, -0.2) is 21.6 Å². The van der Waals surface area contributed by atoms with Crippen LogP contribution in [0.3, 0.4) is 0 Å². The summed E-state index contributed by atoms with van der Waals surface area (Å²) in [5.74, 6) is 3.53. The van der Waals surface area contributed by atoms with Gasteiger partial charge in [0.1, 0.15) is 5.75 Å². The molecule has 8 N–H and O–H groups in total. The van der Waals surface area contributed by atoms with E-state index in [1.165, 1.54) is 27.8 Å². The molecule has 138 heavy (non-hydrogen) atoms. The molecule has 10 aromatic carbocycles. The first-order valence-corrected chi connectivity index (χ1v) is 52.1. The molecular formula is C108H154BrCl6N8NaO9S5. The van der Waals surface area contributed by atoms with Gasteiger partial charge in [-0.2, -0.15) is 10.5 Å². The van der Waals surface area contributed by atoms with E-state index in [9.17, 15) is 21.6 Å². The fourth-order valence-corrected chi connectivity index (χ4v) is 17.7. The van der Waals surface area contributed by atoms with E-state index >= 15 is 0 Å². The Balaban J connectivity index is -0.000000483. The molecule has 0 heterocycles. The van der Waals surface area contributed by atoms with Gasteiger partial charge in [0.05, 0.1) is 56.6 Å². The second-order valence-electron chi connectivity index (χ2n) is 35.3. The second kappa shape index (κ2) is 69.6. The van der Waals surface area contributed by atoms with Gasteiger partial charge < -0.3 is 31.5 Å². The number of nitrogen functional groups attached to an aromatic ring is 2. The van der Waals surface area contributed by atoms with Gasteiger partial charge in [0.2, 0.25) is 0 Å². The number of thiol groups is 1. The van der Waals surface area contributed by atoms with E-state index in [1.54, 1.807) is 97.5 Å². The number of para-hydroxylation sites is 1. The van der Waals surface area contributed by atoms with Crippen molar-refractivity contribution in [1.29, 1.82) is 10.5 Å². The summed E-state index contributed by atoms with van der Waals surface area (Å²) in [4.78, 5) is 19.1. The number of nitrogens with zero attached hydrogens (tertiary/aromatic N) is 4. The Morgan fingerprint density at radius 1 is 0.471 bits per heavy atom. The molecule has 10 rings (SSSR count). The topological polar surface area (TPSA) is 284 Å². The van der Waals surface area contributed by atoms with E-state index in [1.807, 2.05) is 186 Å². The number of benzene rings is 10. The maximum atomic E-state index is 12.5. The van der Waals surface area contributed by atoms with Gasteiger partial charge in [0, 0.05) is 51.2 Å². The Morgan fingerprint density at radius 2 is 0.797 bits per heavy atom. The summed E-state index contributed by atoms with van der Waals surface area (Å²) in [6.07, 6.45) is 0.0463. The zero-order valence-electron chi connectivity index (χ0n) is 85.4. The average molecular weight is 2180 g/mol. The molecule has 0 aliphatic carbocycles. The third-order valence-corrected chi connectivity index (χ3v) is 26.7. The number of carbonyl (C=O) groups is 1. The predicted octanol–water partition coefficient (Wildman–Crippen LogP) is 30.7. The molecule has 0 bridgehead atoms. The number of carbonyl (C=O) groups excluding carboxylic acids is 1. The predicted molar refractivity (Wildman–Crippen MR) is 603 cm³/mol. The summed E-state index contributed by atoms with van der Waals surface area (Å²) in [5.41, 5.74) is 32.1. The van der Waals surface area contributed by atoms with Crippen LogP contribution in [0, 0.1) is 85.0 Å². The Labute approximate surface area is 907 Å². The molecule has 0 aromatic heterocycles. The van der Waals surface area contributed by atoms with Crippen molar-refractivity contribution < 1.29 is 71.2 Å². The summed E-state index contributed by atoms with van der Waals surface area (Å²) in [7, 11) is 0.868. The molecule has 0 aliphatic rings. The van der Waals surface area contributed by atoms with Crippen molar-refractivity contribution in [3.8, 4) is 17.9 Å². The summed E-state index contributed by atoms with van der Waals surface area (Å²) >= 11 is 40.1. The van der Waals surface area contributed by atoms with Gasteiger partial charge in [-0.1, -0.05) is 305 Å². The third-order valence-electron chi connectivity index (χ3n) is 19.4. The number of nitrogens with one attached hydrogen (secondary N) is 2. The van der Waals surface area contributed by atoms with Crippen molar-refractivity contribution >= 4 is 171 Å². The largest absolute Gasteiger partial charge is 1.00 e. The number of rotatable bonds is 20. The third kappa shape index (κ3) is 52.3. The van der Waals surface area contributed by atoms with Crippen LogP contribution in [0.15, 0.2) is 200 Å². The molecule has 0 spiro atoms. The SMILES string of the molecule is C.C.CCOC(=O)Sc1cc(Cl)c(C)cc1C(C)C.CN(C)C(OC(C)(C)C)N(C)C.Cc1cc(C(C)C)c(N)cc1Cl.Cc1cc(C(C)C)c(S)cc1Cl.Cc1cc(C(C)C)c(SCC#N)cc1Cl.Cc1ccc(N)c(C(C)C)c1.Cc1ccc(S(=O)(=O)Nc2cc(Cl)c(C)cc2C(C)C)cc1.Cc1ccc(S(=O)(=O)Nc2ccc(C)cc2C(C)C)cc1.Cl.N#CCBr.Oc1ccccc1.[Na+].[OH-]. The number of nitrogens with two attached hydrogens (primary N) is 2. The van der Waals surface area contributed by atoms with Crippen LogP contribution in [0.2, 0.25) is 25.1 Å². The van der Waals surface area contributed by atoms with Crippen LogP contribution >= 0.6 is 122 Å². The van der Waals surface area contributed by atoms with E-state index in [0.717, 1.165) is 114 Å². The summed E-state index contributed by atoms with van der Waals surface area (Å²) in [5, 5.41) is 28.5. The van der Waals surface area contributed by atoms with Gasteiger partial charge in [-0.3, -0.25) is 19.2 Å². The van der Waals surface area contributed by atoms with Crippen LogP contribution in [0.25, 0.3) is 0 Å². The number of phenolic OH excluding ortho intramolecular Hbond substituents is 1. The van der Waals surface area contributed by atoms with Crippen molar-refractivity contribution in [1.82, 2.24) is 9.80 Å². The molecule has 30 heteroatoms. The van der Waals surface area contributed by atoms with E-state index in [4.69, 9.17) is 94.6 Å². The van der Waals surface area contributed by atoms with Gasteiger partial charge in [0.25, 0.3) is 20.0 Å². The van der Waals surface area contributed by atoms with Gasteiger partial charge in [-0.05, 0) is 317 Å². The number of alkyl halides is 1. The minimum absolute atomic E-state index is 0. The van der Waals surface area contributed by atoms with Crippen LogP contribution in [-0.2, 0) is 29.5 Å². The Hall–Kier alpha value is -6.34. The molecule has 760 valence electrons. The van der Waals surface area contributed by atoms with Crippen molar-refractivity contribution in [3.63, 3.8) is 0 Å². The van der Waals surface area contributed by atoms with Crippen molar-refractivity contribution in [3.05, 3.63) is 290 Å². The number of nitriles is 2. The van der Waals surface area contributed by atoms with Crippen LogP contribution in [0.5, 0.6) is 5.75 Å². The van der Waals surface area contributed by atoms with E-state index in [-0.39, 0.29) is 101 Å². The number of halogens is 7. The average Bonchev–Trinajstić information content (AvgIpc) is 0.795. The summed E-state index contributed by atoms with van der Waals surface area (Å²) in [6.45, 7) is 55.7. The van der Waals surface area contributed by atoms with Gasteiger partial charge in [0.15, 0.2) is 6.35 Å². The molecule has 0 aliphatic heterocycles. The molecule has 0 saturated carbocycles. The van der Waals surface area contributed by atoms with Crippen LogP contribution in [-0.4, -0.2) is 100 Å². The van der Waals surface area contributed by atoms with Crippen LogP contribution < -0.4 is 50.5 Å². The van der Waals surface area contributed by atoms with Crippen molar-refractivity contribution in [2.75, 3.05) is 66.8 Å². The van der Waals surface area contributed by atoms with E-state index in [2.05, 4.69) is 179 Å².